The van der Waals surface area contributed by atoms with Gasteiger partial charge >= 0.3 is 5.97 Å². The highest BCUT2D eigenvalue weighted by atomic mass is 32.2. The van der Waals surface area contributed by atoms with Crippen molar-refractivity contribution in [2.75, 3.05) is 26.0 Å². The van der Waals surface area contributed by atoms with Gasteiger partial charge in [0.05, 0.1) is 12.7 Å². The number of hydrogen-bond donors (Lipinski definition) is 1. The van der Waals surface area contributed by atoms with Crippen molar-refractivity contribution >= 4 is 23.6 Å². The molecule has 0 aliphatic carbocycles. The van der Waals surface area contributed by atoms with Crippen molar-refractivity contribution in [3.63, 3.8) is 0 Å². The van der Waals surface area contributed by atoms with Crippen molar-refractivity contribution in [1.82, 2.24) is 5.32 Å². The van der Waals surface area contributed by atoms with Crippen LogP contribution in [0.3, 0.4) is 0 Å². The molecule has 0 atom stereocenters. The van der Waals surface area contributed by atoms with E-state index in [4.69, 9.17) is 4.74 Å². The van der Waals surface area contributed by atoms with Gasteiger partial charge in [-0.1, -0.05) is 23.8 Å². The Labute approximate surface area is 151 Å². The Hall–Kier alpha value is -2.47. The fourth-order valence-electron chi connectivity index (χ4n) is 2.02. The predicted molar refractivity (Wildman–Crippen MR) is 98.2 cm³/mol. The minimum absolute atomic E-state index is 0.0974. The van der Waals surface area contributed by atoms with Crippen LogP contribution in [0.4, 0.5) is 0 Å². The zero-order valence-electron chi connectivity index (χ0n) is 14.3. The monoisotopic (exact) mass is 359 g/mol. The summed E-state index contributed by atoms with van der Waals surface area (Å²) in [7, 11) is 1.32. The molecule has 2 aromatic carbocycles. The van der Waals surface area contributed by atoms with E-state index < -0.39 is 5.97 Å². The highest BCUT2D eigenvalue weighted by Crippen LogP contribution is 2.17. The molecule has 1 N–H and O–H groups in total. The maximum atomic E-state index is 11.8. The number of methoxy groups -OCH3 is 1. The van der Waals surface area contributed by atoms with Gasteiger partial charge in [-0.15, -0.1) is 11.8 Å². The number of rotatable bonds is 8. The number of nitrogens with one attached hydrogen (secondary N) is 1. The van der Waals surface area contributed by atoms with Crippen molar-refractivity contribution in [3.05, 3.63) is 59.7 Å². The summed E-state index contributed by atoms with van der Waals surface area (Å²) in [5.41, 5.74) is 1.61. The summed E-state index contributed by atoms with van der Waals surface area (Å²) in [6.07, 6.45) is 0. The molecule has 0 saturated heterocycles. The average molecular weight is 359 g/mol. The van der Waals surface area contributed by atoms with Crippen LogP contribution in [-0.2, 0) is 9.53 Å². The van der Waals surface area contributed by atoms with Crippen LogP contribution >= 0.6 is 11.8 Å². The van der Waals surface area contributed by atoms with Gasteiger partial charge in [0.2, 0.25) is 0 Å². The molecule has 6 heteroatoms. The van der Waals surface area contributed by atoms with Crippen molar-refractivity contribution in [2.45, 2.75) is 11.8 Å². The number of esters is 1. The van der Waals surface area contributed by atoms with Gasteiger partial charge in [0.15, 0.2) is 6.61 Å². The summed E-state index contributed by atoms with van der Waals surface area (Å²) in [6.45, 7) is 2.51. The Morgan fingerprint density at radius 1 is 1.12 bits per heavy atom. The Morgan fingerprint density at radius 2 is 1.88 bits per heavy atom. The standard InChI is InChI=1S/C19H21NO4S/c1-14-6-8-17(9-7-14)25-11-10-20-18(21)13-24-16-5-3-4-15(12-16)19(22)23-2/h3-9,12H,10-11,13H2,1-2H3,(H,20,21). The van der Waals surface area contributed by atoms with Gasteiger partial charge in [0.25, 0.3) is 5.91 Å². The lowest BCUT2D eigenvalue weighted by Gasteiger charge is -2.08. The maximum absolute atomic E-state index is 11.8. The van der Waals surface area contributed by atoms with E-state index in [-0.39, 0.29) is 12.5 Å². The minimum Gasteiger partial charge on any atom is -0.484 e. The molecule has 0 aliphatic heterocycles. The Morgan fingerprint density at radius 3 is 2.60 bits per heavy atom. The van der Waals surface area contributed by atoms with Gasteiger partial charge in [-0.2, -0.15) is 0 Å². The molecule has 2 aromatic rings. The fourth-order valence-corrected chi connectivity index (χ4v) is 2.79. The first-order valence-corrected chi connectivity index (χ1v) is 8.84. The third kappa shape index (κ3) is 6.51. The van der Waals surface area contributed by atoms with E-state index in [0.29, 0.717) is 17.9 Å². The SMILES string of the molecule is COC(=O)c1cccc(OCC(=O)NCCSc2ccc(C)cc2)c1. The summed E-state index contributed by atoms with van der Waals surface area (Å²) in [6, 6.07) is 14.8. The molecule has 0 saturated carbocycles. The van der Waals surface area contributed by atoms with Crippen molar-refractivity contribution in [3.8, 4) is 5.75 Å². The molecule has 132 valence electrons. The number of hydrogen-bond acceptors (Lipinski definition) is 5. The van der Waals surface area contributed by atoms with Gasteiger partial charge in [-0.25, -0.2) is 4.79 Å². The Bertz CT molecular complexity index is 716. The average Bonchev–Trinajstić information content (AvgIpc) is 2.64. The van der Waals surface area contributed by atoms with Crippen LogP contribution in [-0.4, -0.2) is 37.9 Å². The zero-order valence-corrected chi connectivity index (χ0v) is 15.1. The van der Waals surface area contributed by atoms with E-state index in [2.05, 4.69) is 41.2 Å². The predicted octanol–water partition coefficient (Wildman–Crippen LogP) is 3.07. The number of carbonyl (C=O) groups is 2. The van der Waals surface area contributed by atoms with Crippen LogP contribution in [0.1, 0.15) is 15.9 Å². The summed E-state index contributed by atoms with van der Waals surface area (Å²) in [4.78, 5) is 24.4. The van der Waals surface area contributed by atoms with Crippen LogP contribution < -0.4 is 10.1 Å². The lowest BCUT2D eigenvalue weighted by molar-refractivity contribution is -0.122. The first-order chi connectivity index (χ1) is 12.1. The second kappa shape index (κ2) is 9.74. The molecule has 0 unspecified atom stereocenters. The van der Waals surface area contributed by atoms with E-state index in [1.54, 1.807) is 36.0 Å². The summed E-state index contributed by atoms with van der Waals surface area (Å²) >= 11 is 1.69. The van der Waals surface area contributed by atoms with Crippen molar-refractivity contribution in [2.24, 2.45) is 0 Å². The van der Waals surface area contributed by atoms with Crippen LogP contribution in [0, 0.1) is 6.92 Å². The van der Waals surface area contributed by atoms with Gasteiger partial charge in [0, 0.05) is 17.2 Å². The number of benzene rings is 2. The Balaban J connectivity index is 1.68. The Kier molecular flexibility index (Phi) is 7.35. The third-order valence-corrected chi connectivity index (χ3v) is 4.35. The smallest absolute Gasteiger partial charge is 0.337 e. The van der Waals surface area contributed by atoms with Gasteiger partial charge < -0.3 is 14.8 Å². The molecule has 0 bridgehead atoms. The van der Waals surface area contributed by atoms with E-state index in [0.717, 1.165) is 5.75 Å². The highest BCUT2D eigenvalue weighted by Gasteiger charge is 2.07. The van der Waals surface area contributed by atoms with Crippen LogP contribution in [0.5, 0.6) is 5.75 Å². The number of ether oxygens (including phenoxy) is 2. The normalized spacial score (nSPS) is 10.2. The minimum atomic E-state index is -0.442. The summed E-state index contributed by atoms with van der Waals surface area (Å²) < 4.78 is 10.1. The zero-order chi connectivity index (χ0) is 18.1. The highest BCUT2D eigenvalue weighted by molar-refractivity contribution is 7.99. The quantitative estimate of drug-likeness (QED) is 0.446. The third-order valence-electron chi connectivity index (χ3n) is 3.34. The van der Waals surface area contributed by atoms with E-state index >= 15 is 0 Å². The van der Waals surface area contributed by atoms with E-state index in [1.165, 1.54) is 17.6 Å². The number of aryl methyl sites for hydroxylation is 1. The second-order valence-corrected chi connectivity index (χ2v) is 6.49. The van der Waals surface area contributed by atoms with Gasteiger partial charge in [-0.05, 0) is 37.3 Å². The first-order valence-electron chi connectivity index (χ1n) is 7.86. The topological polar surface area (TPSA) is 64.6 Å². The maximum Gasteiger partial charge on any atom is 0.337 e. The lowest BCUT2D eigenvalue weighted by atomic mass is 10.2. The molecule has 0 heterocycles. The van der Waals surface area contributed by atoms with Crippen molar-refractivity contribution in [1.29, 1.82) is 0 Å². The van der Waals surface area contributed by atoms with Crippen LogP contribution in [0.2, 0.25) is 0 Å². The molecule has 0 aromatic heterocycles. The van der Waals surface area contributed by atoms with Crippen LogP contribution in [0.15, 0.2) is 53.4 Å². The van der Waals surface area contributed by atoms with Crippen LogP contribution in [0.25, 0.3) is 0 Å². The molecule has 2 rings (SSSR count). The van der Waals surface area contributed by atoms with Gasteiger partial charge in [-0.3, -0.25) is 4.79 Å². The number of thioether (sulfide) groups is 1. The summed E-state index contributed by atoms with van der Waals surface area (Å²) in [5, 5.41) is 2.81. The van der Waals surface area contributed by atoms with E-state index in [1.807, 2.05) is 0 Å². The lowest BCUT2D eigenvalue weighted by Crippen LogP contribution is -2.30. The fraction of sp³-hybridized carbons (Fsp3) is 0.263. The van der Waals surface area contributed by atoms with Gasteiger partial charge in [0.1, 0.15) is 5.75 Å². The number of amides is 1. The number of carbonyl (C=O) groups excluding carboxylic acids is 2. The summed E-state index contributed by atoms with van der Waals surface area (Å²) in [5.74, 6) is 0.593. The molecule has 1 amide bonds. The molecule has 25 heavy (non-hydrogen) atoms. The molecular weight excluding hydrogens is 338 g/mol. The molecule has 0 aliphatic rings. The molecular formula is C19H21NO4S. The molecule has 5 nitrogen and oxygen atoms in total. The largest absolute Gasteiger partial charge is 0.484 e. The second-order valence-electron chi connectivity index (χ2n) is 5.32. The van der Waals surface area contributed by atoms with E-state index in [9.17, 15) is 9.59 Å². The molecule has 0 fully saturated rings. The first kappa shape index (κ1) is 18.9. The molecule has 0 spiro atoms. The van der Waals surface area contributed by atoms with Crippen molar-refractivity contribution < 1.29 is 19.1 Å². The molecule has 0 radical (unpaired) electrons.